The number of nitrogens with zero attached hydrogens (tertiary/aromatic N) is 2. The summed E-state index contributed by atoms with van der Waals surface area (Å²) in [5, 5.41) is 2.96. The molecule has 0 aliphatic rings. The molecule has 0 amide bonds. The lowest BCUT2D eigenvalue weighted by Crippen LogP contribution is -2.43. The smallest absolute Gasteiger partial charge is 0.303 e. The number of para-hydroxylation sites is 1. The summed E-state index contributed by atoms with van der Waals surface area (Å²) in [6.07, 6.45) is 0.695. The Morgan fingerprint density at radius 2 is 1.95 bits per heavy atom. The number of benzene rings is 1. The van der Waals surface area contributed by atoms with Gasteiger partial charge in [0.1, 0.15) is 5.82 Å². The van der Waals surface area contributed by atoms with Crippen LogP contribution in [0.4, 0.5) is 10.1 Å². The fourth-order valence-electron chi connectivity index (χ4n) is 1.87. The summed E-state index contributed by atoms with van der Waals surface area (Å²) >= 11 is 0. The maximum atomic E-state index is 13.8. The largest absolute Gasteiger partial charge is 0.320 e. The highest BCUT2D eigenvalue weighted by molar-refractivity contribution is 7.90. The van der Waals surface area contributed by atoms with Crippen LogP contribution >= 0.6 is 0 Å². The van der Waals surface area contributed by atoms with Crippen LogP contribution in [0, 0.1) is 5.82 Å². The number of halogens is 1. The monoisotopic (exact) mass is 303 g/mol. The number of hydrogen-bond donors (Lipinski definition) is 1. The van der Waals surface area contributed by atoms with Gasteiger partial charge in [0.2, 0.25) is 0 Å². The molecular formula is C13H22FN3O2S. The second kappa shape index (κ2) is 7.56. The standard InChI is InChI=1S/C13H22FN3O2S/c1-4-17(13-9-6-5-8-12(13)14)20(18,19)16(3)11-7-10-15-2/h5-6,8-9,15H,4,7,10-11H2,1-3H3. The molecule has 0 saturated heterocycles. The SMILES string of the molecule is CCN(c1ccccc1F)S(=O)(=O)N(C)CCCNC. The zero-order chi connectivity index (χ0) is 15.2. The van der Waals surface area contributed by atoms with Crippen LogP contribution in [0.5, 0.6) is 0 Å². The van der Waals surface area contributed by atoms with Crippen molar-refractivity contribution in [2.45, 2.75) is 13.3 Å². The van der Waals surface area contributed by atoms with Crippen molar-refractivity contribution in [1.82, 2.24) is 9.62 Å². The average molecular weight is 303 g/mol. The molecule has 0 heterocycles. The van der Waals surface area contributed by atoms with Gasteiger partial charge >= 0.3 is 10.2 Å². The predicted octanol–water partition coefficient (Wildman–Crippen LogP) is 1.44. The molecule has 1 N–H and O–H groups in total. The molecule has 7 heteroatoms. The van der Waals surface area contributed by atoms with Crippen LogP contribution in [-0.2, 0) is 10.2 Å². The lowest BCUT2D eigenvalue weighted by molar-refractivity contribution is 0.454. The first kappa shape index (κ1) is 16.9. The van der Waals surface area contributed by atoms with E-state index in [1.807, 2.05) is 7.05 Å². The molecule has 0 aromatic heterocycles. The number of anilines is 1. The zero-order valence-electron chi connectivity index (χ0n) is 12.1. The van der Waals surface area contributed by atoms with E-state index in [4.69, 9.17) is 0 Å². The molecule has 0 aliphatic heterocycles. The molecule has 1 aromatic rings. The summed E-state index contributed by atoms with van der Waals surface area (Å²) in [5.74, 6) is -0.540. The number of hydrogen-bond acceptors (Lipinski definition) is 3. The summed E-state index contributed by atoms with van der Waals surface area (Å²) in [4.78, 5) is 0. The molecular weight excluding hydrogens is 281 g/mol. The van der Waals surface area contributed by atoms with Crippen molar-refractivity contribution in [3.63, 3.8) is 0 Å². The number of nitrogens with one attached hydrogen (secondary N) is 1. The quantitative estimate of drug-likeness (QED) is 0.739. The van der Waals surface area contributed by atoms with Crippen LogP contribution in [-0.4, -0.2) is 46.5 Å². The number of rotatable bonds is 8. The van der Waals surface area contributed by atoms with E-state index in [-0.39, 0.29) is 12.2 Å². The summed E-state index contributed by atoms with van der Waals surface area (Å²) < 4.78 is 41.1. The van der Waals surface area contributed by atoms with E-state index in [0.29, 0.717) is 13.0 Å². The van der Waals surface area contributed by atoms with Gasteiger partial charge in [-0.3, -0.25) is 4.31 Å². The second-order valence-corrected chi connectivity index (χ2v) is 6.36. The maximum absolute atomic E-state index is 13.8. The van der Waals surface area contributed by atoms with E-state index in [1.165, 1.54) is 29.6 Å². The van der Waals surface area contributed by atoms with Gasteiger partial charge in [0.05, 0.1) is 5.69 Å². The lowest BCUT2D eigenvalue weighted by atomic mass is 10.3. The Morgan fingerprint density at radius 3 is 2.50 bits per heavy atom. The minimum absolute atomic E-state index is 0.0791. The van der Waals surface area contributed by atoms with Crippen molar-refractivity contribution in [1.29, 1.82) is 0 Å². The lowest BCUT2D eigenvalue weighted by Gasteiger charge is -2.28. The van der Waals surface area contributed by atoms with Crippen molar-refractivity contribution in [3.05, 3.63) is 30.1 Å². The van der Waals surface area contributed by atoms with Crippen molar-refractivity contribution in [2.24, 2.45) is 0 Å². The van der Waals surface area contributed by atoms with Crippen molar-refractivity contribution in [3.8, 4) is 0 Å². The maximum Gasteiger partial charge on any atom is 0.303 e. The molecule has 5 nitrogen and oxygen atoms in total. The van der Waals surface area contributed by atoms with Crippen molar-refractivity contribution < 1.29 is 12.8 Å². The van der Waals surface area contributed by atoms with E-state index in [1.54, 1.807) is 13.0 Å². The minimum atomic E-state index is -3.71. The zero-order valence-corrected chi connectivity index (χ0v) is 13.0. The highest BCUT2D eigenvalue weighted by atomic mass is 32.2. The summed E-state index contributed by atoms with van der Waals surface area (Å²) in [7, 11) is -0.388. The van der Waals surface area contributed by atoms with E-state index >= 15 is 0 Å². The third-order valence-corrected chi connectivity index (χ3v) is 4.96. The molecule has 0 radical (unpaired) electrons. The molecule has 1 aromatic carbocycles. The van der Waals surface area contributed by atoms with Gasteiger partial charge in [-0.05, 0) is 39.1 Å². The molecule has 0 unspecified atom stereocenters. The molecule has 0 aliphatic carbocycles. The highest BCUT2D eigenvalue weighted by Gasteiger charge is 2.27. The molecule has 0 bridgehead atoms. The Balaban J connectivity index is 2.96. The minimum Gasteiger partial charge on any atom is -0.320 e. The fourth-order valence-corrected chi connectivity index (χ4v) is 3.29. The van der Waals surface area contributed by atoms with Gasteiger partial charge in [0, 0.05) is 20.1 Å². The Kier molecular flexibility index (Phi) is 6.38. The van der Waals surface area contributed by atoms with Crippen LogP contribution in [0.2, 0.25) is 0 Å². The summed E-state index contributed by atoms with van der Waals surface area (Å²) in [6.45, 7) is 2.98. The second-order valence-electron chi connectivity index (χ2n) is 4.40. The topological polar surface area (TPSA) is 52.7 Å². The summed E-state index contributed by atoms with van der Waals surface area (Å²) in [5.41, 5.74) is 0.0791. The van der Waals surface area contributed by atoms with Gasteiger partial charge in [-0.2, -0.15) is 12.7 Å². The van der Waals surface area contributed by atoms with Crippen molar-refractivity contribution >= 4 is 15.9 Å². The van der Waals surface area contributed by atoms with E-state index in [2.05, 4.69) is 5.32 Å². The highest BCUT2D eigenvalue weighted by Crippen LogP contribution is 2.22. The Labute approximate surface area is 120 Å². The fraction of sp³-hybridized carbons (Fsp3) is 0.538. The Bertz CT molecular complexity index is 522. The molecule has 114 valence electrons. The van der Waals surface area contributed by atoms with Crippen LogP contribution in [0.15, 0.2) is 24.3 Å². The van der Waals surface area contributed by atoms with Gasteiger partial charge in [-0.25, -0.2) is 4.39 Å². The molecule has 0 atom stereocenters. The normalized spacial score (nSPS) is 11.8. The predicted molar refractivity (Wildman–Crippen MR) is 79.5 cm³/mol. The molecule has 0 spiro atoms. The molecule has 0 saturated carbocycles. The van der Waals surface area contributed by atoms with Crippen molar-refractivity contribution in [2.75, 3.05) is 38.0 Å². The molecule has 20 heavy (non-hydrogen) atoms. The third-order valence-electron chi connectivity index (χ3n) is 2.98. The van der Waals surface area contributed by atoms with Gasteiger partial charge in [0.25, 0.3) is 0 Å². The third kappa shape index (κ3) is 3.91. The van der Waals surface area contributed by atoms with Gasteiger partial charge < -0.3 is 5.32 Å². The first-order valence-electron chi connectivity index (χ1n) is 6.58. The Hall–Kier alpha value is -1.18. The van der Waals surface area contributed by atoms with Crippen LogP contribution < -0.4 is 9.62 Å². The Morgan fingerprint density at radius 1 is 1.30 bits per heavy atom. The van der Waals surface area contributed by atoms with Crippen LogP contribution in [0.25, 0.3) is 0 Å². The van der Waals surface area contributed by atoms with Crippen LogP contribution in [0.1, 0.15) is 13.3 Å². The first-order valence-corrected chi connectivity index (χ1v) is 7.98. The van der Waals surface area contributed by atoms with Gasteiger partial charge in [-0.1, -0.05) is 12.1 Å². The van der Waals surface area contributed by atoms with E-state index in [0.717, 1.165) is 10.8 Å². The molecule has 0 fully saturated rings. The summed E-state index contributed by atoms with van der Waals surface area (Å²) in [6, 6.07) is 5.89. The van der Waals surface area contributed by atoms with E-state index in [9.17, 15) is 12.8 Å². The average Bonchev–Trinajstić information content (AvgIpc) is 2.41. The van der Waals surface area contributed by atoms with E-state index < -0.39 is 16.0 Å². The first-order chi connectivity index (χ1) is 9.45. The van der Waals surface area contributed by atoms with Crippen LogP contribution in [0.3, 0.4) is 0 Å². The van der Waals surface area contributed by atoms with Gasteiger partial charge in [-0.15, -0.1) is 0 Å². The van der Waals surface area contributed by atoms with Gasteiger partial charge in [0.15, 0.2) is 0 Å². The molecule has 1 rings (SSSR count).